The van der Waals surface area contributed by atoms with Gasteiger partial charge in [0.25, 0.3) is 0 Å². The van der Waals surface area contributed by atoms with E-state index in [1.54, 1.807) is 18.3 Å². The SMILES string of the molecule is O=C(NCCN1CCCCC1)C1CCCN(c2ccnc(-c3ccc(F)cc3)n2)C1. The number of nitrogens with one attached hydrogen (secondary N) is 1. The first-order valence-corrected chi connectivity index (χ1v) is 11.0. The van der Waals surface area contributed by atoms with Crippen LogP contribution in [0, 0.1) is 11.7 Å². The first kappa shape index (κ1) is 20.7. The fourth-order valence-corrected chi connectivity index (χ4v) is 4.33. The molecule has 2 saturated heterocycles. The van der Waals surface area contributed by atoms with Crippen LogP contribution in [0.4, 0.5) is 10.2 Å². The second-order valence-corrected chi connectivity index (χ2v) is 8.22. The monoisotopic (exact) mass is 411 g/mol. The third-order valence-corrected chi connectivity index (χ3v) is 6.04. The van der Waals surface area contributed by atoms with Crippen LogP contribution >= 0.6 is 0 Å². The number of piperidine rings is 2. The highest BCUT2D eigenvalue weighted by atomic mass is 19.1. The molecular weight excluding hydrogens is 381 g/mol. The van der Waals surface area contributed by atoms with Gasteiger partial charge in [0.05, 0.1) is 5.92 Å². The number of carbonyl (C=O) groups excluding carboxylic acids is 1. The third kappa shape index (κ3) is 5.33. The van der Waals surface area contributed by atoms with E-state index in [0.717, 1.165) is 56.9 Å². The van der Waals surface area contributed by atoms with Gasteiger partial charge in [-0.15, -0.1) is 0 Å². The molecule has 2 aromatic rings. The molecule has 0 radical (unpaired) electrons. The molecule has 30 heavy (non-hydrogen) atoms. The highest BCUT2D eigenvalue weighted by molar-refractivity contribution is 5.79. The number of nitrogens with zero attached hydrogens (tertiary/aromatic N) is 4. The summed E-state index contributed by atoms with van der Waals surface area (Å²) in [4.78, 5) is 26.3. The molecule has 1 N–H and O–H groups in total. The zero-order valence-corrected chi connectivity index (χ0v) is 17.4. The van der Waals surface area contributed by atoms with E-state index in [9.17, 15) is 9.18 Å². The van der Waals surface area contributed by atoms with Crippen molar-refractivity contribution in [1.82, 2.24) is 20.2 Å². The zero-order chi connectivity index (χ0) is 20.8. The van der Waals surface area contributed by atoms with Gasteiger partial charge in [-0.05, 0) is 69.1 Å². The van der Waals surface area contributed by atoms with Gasteiger partial charge in [-0.3, -0.25) is 4.79 Å². The van der Waals surface area contributed by atoms with Crippen LogP contribution in [0.1, 0.15) is 32.1 Å². The van der Waals surface area contributed by atoms with E-state index in [4.69, 9.17) is 0 Å². The maximum Gasteiger partial charge on any atom is 0.224 e. The molecule has 160 valence electrons. The lowest BCUT2D eigenvalue weighted by Gasteiger charge is -2.33. The van der Waals surface area contributed by atoms with Gasteiger partial charge in [-0.25, -0.2) is 14.4 Å². The van der Waals surface area contributed by atoms with Gasteiger partial charge in [0.15, 0.2) is 5.82 Å². The van der Waals surface area contributed by atoms with Crippen LogP contribution in [0.5, 0.6) is 0 Å². The number of amides is 1. The Bertz CT molecular complexity index is 838. The van der Waals surface area contributed by atoms with E-state index >= 15 is 0 Å². The minimum absolute atomic E-state index is 0.0238. The van der Waals surface area contributed by atoms with E-state index < -0.39 is 0 Å². The van der Waals surface area contributed by atoms with Crippen molar-refractivity contribution < 1.29 is 9.18 Å². The normalized spacial score (nSPS) is 20.2. The van der Waals surface area contributed by atoms with E-state index in [1.807, 2.05) is 6.07 Å². The summed E-state index contributed by atoms with van der Waals surface area (Å²) in [6.07, 6.45) is 7.45. The fourth-order valence-electron chi connectivity index (χ4n) is 4.33. The van der Waals surface area contributed by atoms with Crippen LogP contribution < -0.4 is 10.2 Å². The quantitative estimate of drug-likeness (QED) is 0.792. The van der Waals surface area contributed by atoms with Crippen LogP contribution in [-0.4, -0.2) is 60.0 Å². The zero-order valence-electron chi connectivity index (χ0n) is 17.4. The minimum Gasteiger partial charge on any atom is -0.356 e. The molecule has 1 unspecified atom stereocenters. The van der Waals surface area contributed by atoms with Crippen LogP contribution in [0.15, 0.2) is 36.5 Å². The first-order chi connectivity index (χ1) is 14.7. The summed E-state index contributed by atoms with van der Waals surface area (Å²) in [6.45, 7) is 5.49. The van der Waals surface area contributed by atoms with Gasteiger partial charge in [0, 0.05) is 37.9 Å². The number of aromatic nitrogens is 2. The lowest BCUT2D eigenvalue weighted by atomic mass is 9.97. The topological polar surface area (TPSA) is 61.4 Å². The molecule has 2 aliphatic rings. The summed E-state index contributed by atoms with van der Waals surface area (Å²) in [7, 11) is 0. The molecule has 1 atom stereocenters. The van der Waals surface area contributed by atoms with Gasteiger partial charge in [-0.2, -0.15) is 0 Å². The molecule has 0 aliphatic carbocycles. The number of halogens is 1. The van der Waals surface area contributed by atoms with Crippen molar-refractivity contribution in [2.45, 2.75) is 32.1 Å². The largest absolute Gasteiger partial charge is 0.356 e. The smallest absolute Gasteiger partial charge is 0.224 e. The summed E-state index contributed by atoms with van der Waals surface area (Å²) in [5.74, 6) is 1.23. The summed E-state index contributed by atoms with van der Waals surface area (Å²) < 4.78 is 13.2. The van der Waals surface area contributed by atoms with Crippen LogP contribution in [-0.2, 0) is 4.79 Å². The molecule has 1 aromatic heterocycles. The highest BCUT2D eigenvalue weighted by Crippen LogP contribution is 2.24. The number of likely N-dealkylation sites (tertiary alicyclic amines) is 1. The average Bonchev–Trinajstić information content (AvgIpc) is 2.80. The highest BCUT2D eigenvalue weighted by Gasteiger charge is 2.26. The Labute approximate surface area is 177 Å². The third-order valence-electron chi connectivity index (χ3n) is 6.04. The summed E-state index contributed by atoms with van der Waals surface area (Å²) in [5, 5.41) is 3.14. The number of rotatable bonds is 6. The first-order valence-electron chi connectivity index (χ1n) is 11.0. The Morgan fingerprint density at radius 1 is 1.07 bits per heavy atom. The standard InChI is InChI=1S/C23H30FN5O/c24-20-8-6-18(7-9-20)22-25-11-10-21(27-22)29-15-4-5-19(17-29)23(30)26-12-16-28-13-2-1-3-14-28/h6-11,19H,1-5,12-17H2,(H,26,30). The Balaban J connectivity index is 1.33. The second kappa shape index (κ2) is 9.98. The molecule has 3 heterocycles. The summed E-state index contributed by atoms with van der Waals surface area (Å²) in [5.41, 5.74) is 0.780. The van der Waals surface area contributed by atoms with Crippen LogP contribution in [0.2, 0.25) is 0 Å². The maximum absolute atomic E-state index is 13.2. The van der Waals surface area contributed by atoms with Crippen molar-refractivity contribution in [1.29, 1.82) is 0 Å². The summed E-state index contributed by atoms with van der Waals surface area (Å²) in [6, 6.07) is 8.07. The predicted octanol–water partition coefficient (Wildman–Crippen LogP) is 3.10. The molecule has 0 spiro atoms. The van der Waals surface area contributed by atoms with Gasteiger partial charge in [-0.1, -0.05) is 6.42 Å². The molecule has 2 aliphatic heterocycles. The lowest BCUT2D eigenvalue weighted by molar-refractivity contribution is -0.125. The Morgan fingerprint density at radius 3 is 2.67 bits per heavy atom. The van der Waals surface area contributed by atoms with Gasteiger partial charge in [0.1, 0.15) is 11.6 Å². The molecule has 4 rings (SSSR count). The van der Waals surface area contributed by atoms with Gasteiger partial charge < -0.3 is 15.1 Å². The van der Waals surface area contributed by atoms with Crippen molar-refractivity contribution >= 4 is 11.7 Å². The number of hydrogen-bond donors (Lipinski definition) is 1. The Kier molecular flexibility index (Phi) is 6.89. The van der Waals surface area contributed by atoms with E-state index in [0.29, 0.717) is 12.4 Å². The Morgan fingerprint density at radius 2 is 1.87 bits per heavy atom. The lowest BCUT2D eigenvalue weighted by Crippen LogP contribution is -2.45. The minimum atomic E-state index is -0.278. The molecule has 2 fully saturated rings. The van der Waals surface area contributed by atoms with Crippen molar-refractivity contribution in [3.8, 4) is 11.4 Å². The molecule has 0 bridgehead atoms. The number of anilines is 1. The van der Waals surface area contributed by atoms with Crippen LogP contribution in [0.25, 0.3) is 11.4 Å². The van der Waals surface area contributed by atoms with Crippen molar-refractivity contribution in [2.24, 2.45) is 5.92 Å². The van der Waals surface area contributed by atoms with Crippen molar-refractivity contribution in [2.75, 3.05) is 44.2 Å². The molecule has 6 nitrogen and oxygen atoms in total. The fraction of sp³-hybridized carbons (Fsp3) is 0.522. The maximum atomic E-state index is 13.2. The number of carbonyl (C=O) groups is 1. The number of benzene rings is 1. The van der Waals surface area contributed by atoms with E-state index in [2.05, 4.69) is 25.1 Å². The van der Waals surface area contributed by atoms with Gasteiger partial charge >= 0.3 is 0 Å². The second-order valence-electron chi connectivity index (χ2n) is 8.22. The van der Waals surface area contributed by atoms with Crippen LogP contribution in [0.3, 0.4) is 0 Å². The molecule has 1 aromatic carbocycles. The predicted molar refractivity (Wildman–Crippen MR) is 116 cm³/mol. The van der Waals surface area contributed by atoms with E-state index in [1.165, 1.54) is 31.4 Å². The van der Waals surface area contributed by atoms with Gasteiger partial charge in [0.2, 0.25) is 5.91 Å². The average molecular weight is 412 g/mol. The Hall–Kier alpha value is -2.54. The number of hydrogen-bond acceptors (Lipinski definition) is 5. The van der Waals surface area contributed by atoms with Crippen molar-refractivity contribution in [3.05, 3.63) is 42.3 Å². The molecule has 0 saturated carbocycles. The molecule has 1 amide bonds. The molecule has 7 heteroatoms. The summed E-state index contributed by atoms with van der Waals surface area (Å²) >= 11 is 0. The van der Waals surface area contributed by atoms with E-state index in [-0.39, 0.29) is 17.6 Å². The molecular formula is C23H30FN5O. The van der Waals surface area contributed by atoms with Crippen molar-refractivity contribution in [3.63, 3.8) is 0 Å².